The number of benzene rings is 1. The van der Waals surface area contributed by atoms with Crippen molar-refractivity contribution in [1.29, 1.82) is 0 Å². The number of amides is 1. The van der Waals surface area contributed by atoms with Crippen LogP contribution in [0.4, 0.5) is 0 Å². The molecule has 2 rings (SSSR count). The summed E-state index contributed by atoms with van der Waals surface area (Å²) in [4.78, 5) is 17.4. The zero-order valence-electron chi connectivity index (χ0n) is 15.0. The van der Waals surface area contributed by atoms with E-state index in [2.05, 4.69) is 45.9 Å². The third-order valence-electron chi connectivity index (χ3n) is 5.33. The van der Waals surface area contributed by atoms with Gasteiger partial charge in [0.1, 0.15) is 0 Å². The summed E-state index contributed by atoms with van der Waals surface area (Å²) in [6.45, 7) is 11.2. The minimum atomic E-state index is -0.198. The first-order valence-corrected chi connectivity index (χ1v) is 8.07. The number of hydroxylamine groups is 2. The second-order valence-corrected chi connectivity index (χ2v) is 7.81. The Morgan fingerprint density at radius 2 is 1.68 bits per heavy atom. The van der Waals surface area contributed by atoms with Crippen molar-refractivity contribution < 1.29 is 9.63 Å². The van der Waals surface area contributed by atoms with Gasteiger partial charge >= 0.3 is 0 Å². The first kappa shape index (κ1) is 17.0. The van der Waals surface area contributed by atoms with Crippen LogP contribution in [0.1, 0.15) is 70.1 Å². The monoisotopic (exact) mass is 303 g/mol. The number of hydrogen-bond donors (Lipinski definition) is 0. The van der Waals surface area contributed by atoms with Crippen LogP contribution in [0.5, 0.6) is 0 Å². The Morgan fingerprint density at radius 1 is 1.14 bits per heavy atom. The Bertz CT molecular complexity index is 575. The van der Waals surface area contributed by atoms with Gasteiger partial charge in [0.15, 0.2) is 0 Å². The standard InChI is InChI=1S/C19H29NO2/c1-13(17(21)20(6)22-7)14-8-9-15-16(12-14)19(4,5)11-10-18(15,2)3/h8-9,12-13H,10-11H2,1-7H3. The smallest absolute Gasteiger partial charge is 0.253 e. The molecule has 0 fully saturated rings. The summed E-state index contributed by atoms with van der Waals surface area (Å²) in [6, 6.07) is 6.57. The summed E-state index contributed by atoms with van der Waals surface area (Å²) in [6.07, 6.45) is 2.38. The Kier molecular flexibility index (Phi) is 4.40. The molecule has 0 bridgehead atoms. The second kappa shape index (κ2) is 5.69. The van der Waals surface area contributed by atoms with Crippen molar-refractivity contribution in [1.82, 2.24) is 5.06 Å². The van der Waals surface area contributed by atoms with Crippen LogP contribution in [0, 0.1) is 0 Å². The van der Waals surface area contributed by atoms with Crippen molar-refractivity contribution in [2.75, 3.05) is 14.2 Å². The summed E-state index contributed by atoms with van der Waals surface area (Å²) < 4.78 is 0. The van der Waals surface area contributed by atoms with Gasteiger partial charge in [-0.25, -0.2) is 5.06 Å². The molecule has 3 nitrogen and oxygen atoms in total. The van der Waals surface area contributed by atoms with Crippen LogP contribution in [0.25, 0.3) is 0 Å². The highest BCUT2D eigenvalue weighted by atomic mass is 16.7. The predicted octanol–water partition coefficient (Wildman–Crippen LogP) is 4.16. The molecule has 1 atom stereocenters. The molecule has 122 valence electrons. The number of carbonyl (C=O) groups excluding carboxylic acids is 1. The van der Waals surface area contributed by atoms with Crippen molar-refractivity contribution in [2.24, 2.45) is 0 Å². The Balaban J connectivity index is 2.44. The van der Waals surface area contributed by atoms with E-state index in [1.807, 2.05) is 6.92 Å². The fourth-order valence-corrected chi connectivity index (χ4v) is 3.38. The Morgan fingerprint density at radius 3 is 2.23 bits per heavy atom. The van der Waals surface area contributed by atoms with Crippen molar-refractivity contribution in [3.63, 3.8) is 0 Å². The molecule has 3 heteroatoms. The second-order valence-electron chi connectivity index (χ2n) is 7.81. The number of carbonyl (C=O) groups is 1. The molecule has 1 aliphatic carbocycles. The third-order valence-corrected chi connectivity index (χ3v) is 5.33. The molecule has 0 aliphatic heterocycles. The van der Waals surface area contributed by atoms with Gasteiger partial charge in [0.25, 0.3) is 5.91 Å². The summed E-state index contributed by atoms with van der Waals surface area (Å²) >= 11 is 0. The molecule has 1 aliphatic rings. The molecule has 0 aromatic heterocycles. The average Bonchev–Trinajstić information content (AvgIpc) is 2.49. The van der Waals surface area contributed by atoms with Gasteiger partial charge in [0.05, 0.1) is 13.0 Å². The molecule has 0 heterocycles. The largest absolute Gasteiger partial charge is 0.275 e. The molecule has 0 radical (unpaired) electrons. The van der Waals surface area contributed by atoms with E-state index in [0.717, 1.165) is 5.56 Å². The lowest BCUT2D eigenvalue weighted by atomic mass is 9.62. The summed E-state index contributed by atoms with van der Waals surface area (Å²) in [5.41, 5.74) is 4.25. The van der Waals surface area contributed by atoms with Gasteiger partial charge in [-0.2, -0.15) is 0 Å². The van der Waals surface area contributed by atoms with E-state index in [-0.39, 0.29) is 22.7 Å². The third kappa shape index (κ3) is 2.91. The van der Waals surface area contributed by atoms with Crippen LogP contribution < -0.4 is 0 Å². The van der Waals surface area contributed by atoms with E-state index in [0.29, 0.717) is 0 Å². The minimum absolute atomic E-state index is 0.0182. The predicted molar refractivity (Wildman–Crippen MR) is 89.9 cm³/mol. The molecule has 1 unspecified atom stereocenters. The van der Waals surface area contributed by atoms with Gasteiger partial charge in [-0.3, -0.25) is 9.63 Å². The highest BCUT2D eigenvalue weighted by Crippen LogP contribution is 2.46. The van der Waals surface area contributed by atoms with Crippen LogP contribution in [-0.4, -0.2) is 25.1 Å². The Labute approximate surface area is 134 Å². The molecule has 1 amide bonds. The van der Waals surface area contributed by atoms with E-state index in [1.54, 1.807) is 7.05 Å². The van der Waals surface area contributed by atoms with Crippen molar-refractivity contribution in [3.05, 3.63) is 34.9 Å². The summed E-state index contributed by atoms with van der Waals surface area (Å²) in [5.74, 6) is -0.216. The number of likely N-dealkylation sites (N-methyl/N-ethyl adjacent to an activating group) is 1. The van der Waals surface area contributed by atoms with Gasteiger partial charge in [-0.05, 0) is 47.3 Å². The van der Waals surface area contributed by atoms with Gasteiger partial charge < -0.3 is 0 Å². The number of hydrogen-bond acceptors (Lipinski definition) is 2. The number of fused-ring (bicyclic) bond motifs is 1. The lowest BCUT2D eigenvalue weighted by Crippen LogP contribution is -2.34. The lowest BCUT2D eigenvalue weighted by molar-refractivity contribution is -0.170. The maximum absolute atomic E-state index is 12.3. The van der Waals surface area contributed by atoms with Crippen LogP contribution in [0.15, 0.2) is 18.2 Å². The van der Waals surface area contributed by atoms with Crippen molar-refractivity contribution in [2.45, 2.75) is 64.2 Å². The molecular formula is C19H29NO2. The summed E-state index contributed by atoms with van der Waals surface area (Å²) in [7, 11) is 3.17. The molecule has 0 saturated heterocycles. The van der Waals surface area contributed by atoms with Crippen LogP contribution in [-0.2, 0) is 20.5 Å². The highest BCUT2D eigenvalue weighted by Gasteiger charge is 2.37. The average molecular weight is 303 g/mol. The van der Waals surface area contributed by atoms with E-state index in [9.17, 15) is 4.79 Å². The van der Waals surface area contributed by atoms with E-state index < -0.39 is 0 Å². The summed E-state index contributed by atoms with van der Waals surface area (Å²) in [5, 5.41) is 1.30. The van der Waals surface area contributed by atoms with Crippen molar-refractivity contribution >= 4 is 5.91 Å². The topological polar surface area (TPSA) is 29.5 Å². The maximum atomic E-state index is 12.3. The Hall–Kier alpha value is -1.35. The van der Waals surface area contributed by atoms with Gasteiger partial charge in [0.2, 0.25) is 0 Å². The quantitative estimate of drug-likeness (QED) is 0.785. The van der Waals surface area contributed by atoms with Crippen LogP contribution in [0.2, 0.25) is 0 Å². The number of nitrogens with zero attached hydrogens (tertiary/aromatic N) is 1. The van der Waals surface area contributed by atoms with E-state index >= 15 is 0 Å². The minimum Gasteiger partial charge on any atom is -0.275 e. The zero-order valence-corrected chi connectivity index (χ0v) is 15.0. The molecular weight excluding hydrogens is 274 g/mol. The first-order chi connectivity index (χ1) is 10.1. The SMILES string of the molecule is CON(C)C(=O)C(C)c1ccc2c(c1)C(C)(C)CCC2(C)C. The molecule has 1 aromatic carbocycles. The van der Waals surface area contributed by atoms with Crippen molar-refractivity contribution in [3.8, 4) is 0 Å². The molecule has 22 heavy (non-hydrogen) atoms. The van der Waals surface area contributed by atoms with Gasteiger partial charge in [-0.15, -0.1) is 0 Å². The van der Waals surface area contributed by atoms with Crippen LogP contribution in [0.3, 0.4) is 0 Å². The molecule has 0 saturated carbocycles. The van der Waals surface area contributed by atoms with E-state index in [1.165, 1.54) is 36.1 Å². The van der Waals surface area contributed by atoms with Crippen LogP contribution >= 0.6 is 0 Å². The van der Waals surface area contributed by atoms with E-state index in [4.69, 9.17) is 4.84 Å². The zero-order chi connectivity index (χ0) is 16.7. The van der Waals surface area contributed by atoms with Gasteiger partial charge in [-0.1, -0.05) is 45.9 Å². The molecule has 0 spiro atoms. The molecule has 1 aromatic rings. The molecule has 0 N–H and O–H groups in total. The maximum Gasteiger partial charge on any atom is 0.253 e. The fourth-order valence-electron chi connectivity index (χ4n) is 3.38. The number of rotatable bonds is 3. The highest BCUT2D eigenvalue weighted by molar-refractivity contribution is 5.82. The lowest BCUT2D eigenvalue weighted by Gasteiger charge is -2.42. The fraction of sp³-hybridized carbons (Fsp3) is 0.632. The normalized spacial score (nSPS) is 20.1. The first-order valence-electron chi connectivity index (χ1n) is 8.07. The van der Waals surface area contributed by atoms with Gasteiger partial charge in [0, 0.05) is 7.05 Å².